The number of carbonyl (C=O) groups is 2. The third kappa shape index (κ3) is 3.80. The van der Waals surface area contributed by atoms with Gasteiger partial charge in [0.2, 0.25) is 11.8 Å². The maximum atomic E-state index is 11.8. The van der Waals surface area contributed by atoms with Crippen LogP contribution in [0.3, 0.4) is 0 Å². The van der Waals surface area contributed by atoms with Gasteiger partial charge in [-0.05, 0) is 24.5 Å². The standard InChI is InChI=1S/C14H16N4O2/c15-8-2-5-11-4-1-6-12(16-11)17-13(19)10-18-9-3-7-14(18)20/h1,4,6H,3,7-10,15H2,(H,16,17,19). The molecule has 6 nitrogen and oxygen atoms in total. The Bertz CT molecular complexity index is 574. The van der Waals surface area contributed by atoms with E-state index >= 15 is 0 Å². The minimum atomic E-state index is -0.253. The van der Waals surface area contributed by atoms with E-state index in [0.717, 1.165) is 6.42 Å². The zero-order chi connectivity index (χ0) is 14.4. The molecular weight excluding hydrogens is 256 g/mol. The number of nitrogens with one attached hydrogen (secondary N) is 1. The smallest absolute Gasteiger partial charge is 0.245 e. The van der Waals surface area contributed by atoms with E-state index in [2.05, 4.69) is 22.1 Å². The van der Waals surface area contributed by atoms with Crippen LogP contribution < -0.4 is 11.1 Å². The van der Waals surface area contributed by atoms with Crippen molar-refractivity contribution in [1.82, 2.24) is 9.88 Å². The highest BCUT2D eigenvalue weighted by Gasteiger charge is 2.22. The lowest BCUT2D eigenvalue weighted by Crippen LogP contribution is -2.34. The van der Waals surface area contributed by atoms with Crippen molar-refractivity contribution < 1.29 is 9.59 Å². The van der Waals surface area contributed by atoms with Crippen LogP contribution in [-0.2, 0) is 9.59 Å². The molecule has 0 atom stereocenters. The van der Waals surface area contributed by atoms with Crippen LogP contribution >= 0.6 is 0 Å². The Hall–Kier alpha value is -2.39. The van der Waals surface area contributed by atoms with Gasteiger partial charge in [-0.2, -0.15) is 0 Å². The Morgan fingerprint density at radius 2 is 2.35 bits per heavy atom. The Kier molecular flexibility index (Phi) is 4.69. The Labute approximate surface area is 117 Å². The highest BCUT2D eigenvalue weighted by Crippen LogP contribution is 2.10. The van der Waals surface area contributed by atoms with E-state index in [1.54, 1.807) is 23.1 Å². The summed E-state index contributed by atoms with van der Waals surface area (Å²) in [7, 11) is 0. The zero-order valence-electron chi connectivity index (χ0n) is 11.1. The predicted octanol–water partition coefficient (Wildman–Crippen LogP) is -0.0473. The summed E-state index contributed by atoms with van der Waals surface area (Å²) in [6.45, 7) is 0.969. The summed E-state index contributed by atoms with van der Waals surface area (Å²) < 4.78 is 0. The van der Waals surface area contributed by atoms with Crippen LogP contribution in [0.5, 0.6) is 0 Å². The largest absolute Gasteiger partial charge is 0.333 e. The average molecular weight is 272 g/mol. The molecule has 0 saturated carbocycles. The first-order chi connectivity index (χ1) is 9.69. The molecule has 0 bridgehead atoms. The van der Waals surface area contributed by atoms with Crippen molar-refractivity contribution in [1.29, 1.82) is 0 Å². The number of carbonyl (C=O) groups excluding carboxylic acids is 2. The van der Waals surface area contributed by atoms with Gasteiger partial charge in [-0.1, -0.05) is 12.0 Å². The molecule has 2 amide bonds. The molecule has 0 aromatic carbocycles. The molecular formula is C14H16N4O2. The van der Waals surface area contributed by atoms with Crippen molar-refractivity contribution in [2.24, 2.45) is 5.73 Å². The Balaban J connectivity index is 1.95. The predicted molar refractivity (Wildman–Crippen MR) is 74.6 cm³/mol. The van der Waals surface area contributed by atoms with Crippen LogP contribution in [-0.4, -0.2) is 41.3 Å². The van der Waals surface area contributed by atoms with Gasteiger partial charge in [0.25, 0.3) is 0 Å². The second kappa shape index (κ2) is 6.68. The van der Waals surface area contributed by atoms with Crippen molar-refractivity contribution in [3.8, 4) is 11.8 Å². The third-order valence-electron chi connectivity index (χ3n) is 2.84. The molecule has 2 heterocycles. The van der Waals surface area contributed by atoms with Crippen LogP contribution in [0, 0.1) is 11.8 Å². The molecule has 0 aliphatic carbocycles. The van der Waals surface area contributed by atoms with Crippen molar-refractivity contribution in [2.45, 2.75) is 12.8 Å². The maximum Gasteiger partial charge on any atom is 0.245 e. The summed E-state index contributed by atoms with van der Waals surface area (Å²) >= 11 is 0. The molecule has 1 aromatic rings. The van der Waals surface area contributed by atoms with Gasteiger partial charge in [-0.25, -0.2) is 4.98 Å². The van der Waals surface area contributed by atoms with E-state index in [1.807, 2.05) is 0 Å². The van der Waals surface area contributed by atoms with E-state index in [-0.39, 0.29) is 24.9 Å². The van der Waals surface area contributed by atoms with Gasteiger partial charge < -0.3 is 16.0 Å². The molecule has 1 saturated heterocycles. The molecule has 0 unspecified atom stereocenters. The number of likely N-dealkylation sites (tertiary alicyclic amines) is 1. The number of rotatable bonds is 3. The lowest BCUT2D eigenvalue weighted by molar-refractivity contribution is -0.131. The second-order valence-corrected chi connectivity index (χ2v) is 4.38. The highest BCUT2D eigenvalue weighted by molar-refractivity contribution is 5.94. The first kappa shape index (κ1) is 14.0. The topological polar surface area (TPSA) is 88.3 Å². The maximum absolute atomic E-state index is 11.8. The minimum Gasteiger partial charge on any atom is -0.333 e. The fourth-order valence-corrected chi connectivity index (χ4v) is 1.94. The number of pyridine rings is 1. The molecule has 0 spiro atoms. The first-order valence-electron chi connectivity index (χ1n) is 6.42. The van der Waals surface area contributed by atoms with Gasteiger partial charge in [0.05, 0.1) is 13.1 Å². The number of nitrogens with zero attached hydrogens (tertiary/aromatic N) is 2. The molecule has 20 heavy (non-hydrogen) atoms. The molecule has 3 N–H and O–H groups in total. The van der Waals surface area contributed by atoms with Crippen LogP contribution in [0.2, 0.25) is 0 Å². The minimum absolute atomic E-state index is 0.0238. The summed E-state index contributed by atoms with van der Waals surface area (Å²) in [5.41, 5.74) is 5.84. The van der Waals surface area contributed by atoms with E-state index in [4.69, 9.17) is 5.73 Å². The summed E-state index contributed by atoms with van der Waals surface area (Å²) in [6, 6.07) is 5.17. The quantitative estimate of drug-likeness (QED) is 0.755. The van der Waals surface area contributed by atoms with Crippen molar-refractivity contribution in [2.75, 3.05) is 25.0 Å². The van der Waals surface area contributed by atoms with E-state index in [0.29, 0.717) is 24.5 Å². The van der Waals surface area contributed by atoms with Gasteiger partial charge in [0, 0.05) is 13.0 Å². The second-order valence-electron chi connectivity index (χ2n) is 4.38. The van der Waals surface area contributed by atoms with E-state index < -0.39 is 0 Å². The van der Waals surface area contributed by atoms with Crippen molar-refractivity contribution in [3.63, 3.8) is 0 Å². The molecule has 2 rings (SSSR count). The van der Waals surface area contributed by atoms with Gasteiger partial charge in [0.15, 0.2) is 0 Å². The van der Waals surface area contributed by atoms with Crippen LogP contribution in [0.15, 0.2) is 18.2 Å². The van der Waals surface area contributed by atoms with Crippen LogP contribution in [0.4, 0.5) is 5.82 Å². The monoisotopic (exact) mass is 272 g/mol. The molecule has 1 aliphatic heterocycles. The van der Waals surface area contributed by atoms with E-state index in [9.17, 15) is 9.59 Å². The number of amides is 2. The zero-order valence-corrected chi connectivity index (χ0v) is 11.1. The fraction of sp³-hybridized carbons (Fsp3) is 0.357. The molecule has 0 radical (unpaired) electrons. The normalized spacial score (nSPS) is 13.8. The summed E-state index contributed by atoms with van der Waals surface area (Å²) in [5, 5.41) is 2.66. The molecule has 6 heteroatoms. The molecule has 1 fully saturated rings. The number of nitrogens with two attached hydrogens (primary N) is 1. The average Bonchev–Trinajstić information content (AvgIpc) is 2.82. The molecule has 1 aliphatic rings. The molecule has 104 valence electrons. The van der Waals surface area contributed by atoms with Crippen LogP contribution in [0.1, 0.15) is 18.5 Å². The van der Waals surface area contributed by atoms with Gasteiger partial charge >= 0.3 is 0 Å². The SMILES string of the molecule is NCC#Cc1cccc(NC(=O)CN2CCCC2=O)n1. The number of hydrogen-bond donors (Lipinski definition) is 2. The number of anilines is 1. The lowest BCUT2D eigenvalue weighted by atomic mass is 10.3. The Morgan fingerprint density at radius 3 is 3.05 bits per heavy atom. The molecule has 1 aromatic heterocycles. The summed E-state index contributed by atoms with van der Waals surface area (Å²) in [4.78, 5) is 29.0. The van der Waals surface area contributed by atoms with Gasteiger partial charge in [0.1, 0.15) is 11.5 Å². The van der Waals surface area contributed by atoms with Crippen molar-refractivity contribution in [3.05, 3.63) is 23.9 Å². The van der Waals surface area contributed by atoms with Gasteiger partial charge in [-0.15, -0.1) is 0 Å². The number of aromatic nitrogens is 1. The van der Waals surface area contributed by atoms with Gasteiger partial charge in [-0.3, -0.25) is 9.59 Å². The Morgan fingerprint density at radius 1 is 1.50 bits per heavy atom. The summed E-state index contributed by atoms with van der Waals surface area (Å²) in [5.74, 6) is 5.69. The number of hydrogen-bond acceptors (Lipinski definition) is 4. The van der Waals surface area contributed by atoms with Crippen molar-refractivity contribution >= 4 is 17.6 Å². The summed E-state index contributed by atoms with van der Waals surface area (Å²) in [6.07, 6.45) is 1.34. The van der Waals surface area contributed by atoms with Crippen LogP contribution in [0.25, 0.3) is 0 Å². The fourth-order valence-electron chi connectivity index (χ4n) is 1.94. The highest BCUT2D eigenvalue weighted by atomic mass is 16.2. The third-order valence-corrected chi connectivity index (χ3v) is 2.84. The first-order valence-corrected chi connectivity index (χ1v) is 6.42. The van der Waals surface area contributed by atoms with E-state index in [1.165, 1.54) is 0 Å². The lowest BCUT2D eigenvalue weighted by Gasteiger charge is -2.14.